The first kappa shape index (κ1) is 11.6. The molecule has 0 radical (unpaired) electrons. The van der Waals surface area contributed by atoms with Crippen LogP contribution in [0.5, 0.6) is 0 Å². The first-order chi connectivity index (χ1) is 7.11. The summed E-state index contributed by atoms with van der Waals surface area (Å²) in [7, 11) is 5.36. The van der Waals surface area contributed by atoms with Crippen LogP contribution in [0, 0.1) is 0 Å². The van der Waals surface area contributed by atoms with Crippen molar-refractivity contribution in [3.05, 3.63) is 35.9 Å². The summed E-state index contributed by atoms with van der Waals surface area (Å²) in [6.45, 7) is 0.751. The molecule has 0 saturated carbocycles. The van der Waals surface area contributed by atoms with E-state index >= 15 is 0 Å². The molecular weight excluding hydrogens is 188 g/mol. The summed E-state index contributed by atoms with van der Waals surface area (Å²) >= 11 is 0. The number of hydrogen-bond acceptors (Lipinski definition) is 1. The van der Waals surface area contributed by atoms with Gasteiger partial charge in [-0.25, -0.2) is 4.79 Å². The van der Waals surface area contributed by atoms with Gasteiger partial charge in [0, 0.05) is 27.7 Å². The fraction of sp³-hybridized carbons (Fsp3) is 0.417. The Morgan fingerprint density at radius 3 is 2.27 bits per heavy atom. The fourth-order valence-electron chi connectivity index (χ4n) is 1.38. The summed E-state index contributed by atoms with van der Waals surface area (Å²) in [5.74, 6) is 0. The molecule has 0 bridgehead atoms. The van der Waals surface area contributed by atoms with Gasteiger partial charge in [-0.1, -0.05) is 30.3 Å². The molecule has 1 aromatic rings. The SMILES string of the molecule is CN(C)C(=O)N(C)CCc1ccccc1. The minimum Gasteiger partial charge on any atom is -0.331 e. The van der Waals surface area contributed by atoms with Gasteiger partial charge >= 0.3 is 6.03 Å². The molecule has 82 valence electrons. The summed E-state index contributed by atoms with van der Waals surface area (Å²) in [5.41, 5.74) is 1.26. The summed E-state index contributed by atoms with van der Waals surface area (Å²) in [4.78, 5) is 14.8. The van der Waals surface area contributed by atoms with Crippen LogP contribution < -0.4 is 0 Å². The van der Waals surface area contributed by atoms with E-state index in [-0.39, 0.29) is 6.03 Å². The molecule has 3 heteroatoms. The molecule has 2 amide bonds. The average molecular weight is 206 g/mol. The molecule has 0 aliphatic heterocycles. The lowest BCUT2D eigenvalue weighted by molar-refractivity contribution is 0.182. The Balaban J connectivity index is 2.41. The highest BCUT2D eigenvalue weighted by atomic mass is 16.2. The fourth-order valence-corrected chi connectivity index (χ4v) is 1.38. The van der Waals surface area contributed by atoms with Crippen LogP contribution in [-0.2, 0) is 6.42 Å². The van der Waals surface area contributed by atoms with Crippen LogP contribution in [0.2, 0.25) is 0 Å². The van der Waals surface area contributed by atoms with Gasteiger partial charge in [0.2, 0.25) is 0 Å². The molecule has 0 aliphatic rings. The summed E-state index contributed by atoms with van der Waals surface area (Å²) < 4.78 is 0. The zero-order chi connectivity index (χ0) is 11.3. The van der Waals surface area contributed by atoms with E-state index in [2.05, 4.69) is 12.1 Å². The van der Waals surface area contributed by atoms with Gasteiger partial charge < -0.3 is 9.80 Å². The Bertz CT molecular complexity index is 309. The Kier molecular flexibility index (Phi) is 4.16. The van der Waals surface area contributed by atoms with Gasteiger partial charge in [-0.3, -0.25) is 0 Å². The Labute approximate surface area is 91.3 Å². The Hall–Kier alpha value is -1.51. The van der Waals surface area contributed by atoms with E-state index in [1.165, 1.54) is 5.56 Å². The van der Waals surface area contributed by atoms with Gasteiger partial charge in [-0.05, 0) is 12.0 Å². The van der Waals surface area contributed by atoms with E-state index in [1.54, 1.807) is 23.9 Å². The molecule has 3 nitrogen and oxygen atoms in total. The monoisotopic (exact) mass is 206 g/mol. The largest absolute Gasteiger partial charge is 0.331 e. The number of benzene rings is 1. The van der Waals surface area contributed by atoms with Crippen molar-refractivity contribution >= 4 is 6.03 Å². The van der Waals surface area contributed by atoms with Gasteiger partial charge in [0.1, 0.15) is 0 Å². The van der Waals surface area contributed by atoms with Crippen molar-refractivity contribution in [1.82, 2.24) is 9.80 Å². The first-order valence-electron chi connectivity index (χ1n) is 5.07. The quantitative estimate of drug-likeness (QED) is 0.740. The van der Waals surface area contributed by atoms with Crippen molar-refractivity contribution in [3.63, 3.8) is 0 Å². The third kappa shape index (κ3) is 3.62. The molecule has 1 rings (SSSR count). The van der Waals surface area contributed by atoms with E-state index in [1.807, 2.05) is 25.2 Å². The summed E-state index contributed by atoms with van der Waals surface area (Å²) in [5, 5.41) is 0. The molecule has 0 N–H and O–H groups in total. The van der Waals surface area contributed by atoms with Crippen molar-refractivity contribution in [2.45, 2.75) is 6.42 Å². The molecule has 0 unspecified atom stereocenters. The molecule has 0 fully saturated rings. The number of rotatable bonds is 3. The number of urea groups is 1. The van der Waals surface area contributed by atoms with E-state index in [0.29, 0.717) is 0 Å². The first-order valence-corrected chi connectivity index (χ1v) is 5.07. The lowest BCUT2D eigenvalue weighted by Gasteiger charge is -2.21. The molecule has 15 heavy (non-hydrogen) atoms. The second-order valence-corrected chi connectivity index (χ2v) is 3.83. The highest BCUT2D eigenvalue weighted by molar-refractivity contribution is 5.73. The molecule has 0 spiro atoms. The molecule has 0 saturated heterocycles. The van der Waals surface area contributed by atoms with Crippen molar-refractivity contribution in [3.8, 4) is 0 Å². The number of likely N-dealkylation sites (N-methyl/N-ethyl adjacent to an activating group) is 1. The topological polar surface area (TPSA) is 23.6 Å². The zero-order valence-corrected chi connectivity index (χ0v) is 9.60. The summed E-state index contributed by atoms with van der Waals surface area (Å²) in [6, 6.07) is 10.2. The molecular formula is C12H18N2O. The number of nitrogens with zero attached hydrogens (tertiary/aromatic N) is 2. The summed E-state index contributed by atoms with van der Waals surface area (Å²) in [6.07, 6.45) is 0.900. The van der Waals surface area contributed by atoms with E-state index in [0.717, 1.165) is 13.0 Å². The third-order valence-electron chi connectivity index (χ3n) is 2.29. The number of amides is 2. The number of carbonyl (C=O) groups is 1. The van der Waals surface area contributed by atoms with Crippen molar-refractivity contribution in [1.29, 1.82) is 0 Å². The molecule has 0 aliphatic carbocycles. The molecule has 0 aromatic heterocycles. The lowest BCUT2D eigenvalue weighted by Crippen LogP contribution is -2.37. The molecule has 1 aromatic carbocycles. The van der Waals surface area contributed by atoms with Gasteiger partial charge in [-0.15, -0.1) is 0 Å². The average Bonchev–Trinajstić information content (AvgIpc) is 2.26. The minimum absolute atomic E-state index is 0.0472. The van der Waals surface area contributed by atoms with Crippen LogP contribution in [0.25, 0.3) is 0 Å². The number of hydrogen-bond donors (Lipinski definition) is 0. The maximum absolute atomic E-state index is 11.5. The number of carbonyl (C=O) groups excluding carboxylic acids is 1. The smallest absolute Gasteiger partial charge is 0.319 e. The van der Waals surface area contributed by atoms with Crippen molar-refractivity contribution in [2.24, 2.45) is 0 Å². The second kappa shape index (κ2) is 5.39. The predicted molar refractivity (Wildman–Crippen MR) is 61.9 cm³/mol. The molecule has 0 heterocycles. The normalized spacial score (nSPS) is 9.80. The van der Waals surface area contributed by atoms with Crippen LogP contribution >= 0.6 is 0 Å². The van der Waals surface area contributed by atoms with E-state index in [9.17, 15) is 4.79 Å². The second-order valence-electron chi connectivity index (χ2n) is 3.83. The van der Waals surface area contributed by atoms with Crippen LogP contribution in [0.1, 0.15) is 5.56 Å². The lowest BCUT2D eigenvalue weighted by atomic mass is 10.1. The van der Waals surface area contributed by atoms with Crippen LogP contribution in [0.3, 0.4) is 0 Å². The van der Waals surface area contributed by atoms with Crippen LogP contribution in [0.4, 0.5) is 4.79 Å². The highest BCUT2D eigenvalue weighted by Crippen LogP contribution is 2.01. The Morgan fingerprint density at radius 1 is 1.13 bits per heavy atom. The van der Waals surface area contributed by atoms with E-state index < -0.39 is 0 Å². The van der Waals surface area contributed by atoms with E-state index in [4.69, 9.17) is 0 Å². The highest BCUT2D eigenvalue weighted by Gasteiger charge is 2.09. The van der Waals surface area contributed by atoms with Crippen LogP contribution in [0.15, 0.2) is 30.3 Å². The standard InChI is InChI=1S/C12H18N2O/c1-13(2)12(15)14(3)10-9-11-7-5-4-6-8-11/h4-8H,9-10H2,1-3H3. The minimum atomic E-state index is 0.0472. The molecule has 0 atom stereocenters. The van der Waals surface area contributed by atoms with Gasteiger partial charge in [0.05, 0.1) is 0 Å². The van der Waals surface area contributed by atoms with Crippen molar-refractivity contribution in [2.75, 3.05) is 27.7 Å². The van der Waals surface area contributed by atoms with Crippen molar-refractivity contribution < 1.29 is 4.79 Å². The third-order valence-corrected chi connectivity index (χ3v) is 2.29. The maximum atomic E-state index is 11.5. The van der Waals surface area contributed by atoms with Crippen LogP contribution in [-0.4, -0.2) is 43.5 Å². The predicted octanol–water partition coefficient (Wildman–Crippen LogP) is 1.84. The van der Waals surface area contributed by atoms with Gasteiger partial charge in [-0.2, -0.15) is 0 Å². The van der Waals surface area contributed by atoms with Gasteiger partial charge in [0.15, 0.2) is 0 Å². The Morgan fingerprint density at radius 2 is 1.73 bits per heavy atom. The maximum Gasteiger partial charge on any atom is 0.319 e. The zero-order valence-electron chi connectivity index (χ0n) is 9.60. The van der Waals surface area contributed by atoms with Gasteiger partial charge in [0.25, 0.3) is 0 Å².